The highest BCUT2D eigenvalue weighted by Crippen LogP contribution is 2.45. The molecule has 2 aromatic heterocycles. The summed E-state index contributed by atoms with van der Waals surface area (Å²) in [5.41, 5.74) is 3.96. The summed E-state index contributed by atoms with van der Waals surface area (Å²) in [5, 5.41) is 3.65. The first kappa shape index (κ1) is 15.0. The zero-order chi connectivity index (χ0) is 17.7. The summed E-state index contributed by atoms with van der Waals surface area (Å²) < 4.78 is 0. The summed E-state index contributed by atoms with van der Waals surface area (Å²) in [5.74, 6) is 0.0435. The number of aromatic nitrogens is 2. The minimum Gasteiger partial charge on any atom is -0.329 e. The molecular weight excluding hydrogens is 328 g/mol. The van der Waals surface area contributed by atoms with E-state index >= 15 is 0 Å². The van der Waals surface area contributed by atoms with Gasteiger partial charge in [-0.25, -0.2) is 4.79 Å². The maximum atomic E-state index is 11.8. The highest BCUT2D eigenvalue weighted by atomic mass is 16.2. The predicted molar refractivity (Wildman–Crippen MR) is 96.4 cm³/mol. The minimum atomic E-state index is -0.281. The van der Waals surface area contributed by atoms with E-state index in [1.165, 1.54) is 4.90 Å². The van der Waals surface area contributed by atoms with E-state index in [1.807, 2.05) is 42.6 Å². The van der Waals surface area contributed by atoms with Crippen molar-refractivity contribution >= 4 is 22.8 Å². The third kappa shape index (κ3) is 2.42. The second kappa shape index (κ2) is 5.62. The molecule has 3 heterocycles. The van der Waals surface area contributed by atoms with E-state index in [-0.39, 0.29) is 30.4 Å². The van der Waals surface area contributed by atoms with Crippen molar-refractivity contribution in [2.45, 2.75) is 18.4 Å². The fraction of sp³-hybridized carbons (Fsp3) is 0.200. The number of carbonyl (C=O) groups excluding carboxylic acids is 2. The molecule has 128 valence electrons. The summed E-state index contributed by atoms with van der Waals surface area (Å²) in [7, 11) is 0. The van der Waals surface area contributed by atoms with Gasteiger partial charge in [0.25, 0.3) is 0 Å². The van der Waals surface area contributed by atoms with Crippen molar-refractivity contribution in [2.24, 2.45) is 0 Å². The van der Waals surface area contributed by atoms with Crippen LogP contribution in [0.5, 0.6) is 0 Å². The van der Waals surface area contributed by atoms with Crippen LogP contribution in [0.25, 0.3) is 22.2 Å². The van der Waals surface area contributed by atoms with Crippen molar-refractivity contribution in [3.05, 3.63) is 60.4 Å². The van der Waals surface area contributed by atoms with E-state index < -0.39 is 0 Å². The number of carbonyl (C=O) groups is 2. The molecule has 0 spiro atoms. The third-order valence-corrected chi connectivity index (χ3v) is 5.08. The topological polar surface area (TPSA) is 75.2 Å². The number of imide groups is 1. The molecule has 2 unspecified atom stereocenters. The van der Waals surface area contributed by atoms with Gasteiger partial charge in [0.1, 0.15) is 0 Å². The van der Waals surface area contributed by atoms with Crippen LogP contribution in [0.15, 0.2) is 54.9 Å². The molecule has 5 rings (SSSR count). The first-order chi connectivity index (χ1) is 12.7. The second-order valence-electron chi connectivity index (χ2n) is 6.72. The normalized spacial score (nSPS) is 21.9. The molecule has 2 aliphatic rings. The Morgan fingerprint density at radius 1 is 1.08 bits per heavy atom. The van der Waals surface area contributed by atoms with Crippen LogP contribution in [-0.4, -0.2) is 39.4 Å². The molecule has 2 fully saturated rings. The van der Waals surface area contributed by atoms with E-state index in [1.54, 1.807) is 6.20 Å². The lowest BCUT2D eigenvalue weighted by Gasteiger charge is -2.12. The molecule has 3 aromatic rings. The smallest absolute Gasteiger partial charge is 0.324 e. The second-order valence-corrected chi connectivity index (χ2v) is 6.72. The Kier molecular flexibility index (Phi) is 3.25. The van der Waals surface area contributed by atoms with Crippen LogP contribution in [0.1, 0.15) is 17.9 Å². The highest BCUT2D eigenvalue weighted by Gasteiger charge is 2.49. The molecule has 1 N–H and O–H groups in total. The Morgan fingerprint density at radius 2 is 2.00 bits per heavy atom. The van der Waals surface area contributed by atoms with Crippen LogP contribution >= 0.6 is 0 Å². The average Bonchev–Trinajstić information content (AvgIpc) is 3.39. The van der Waals surface area contributed by atoms with Gasteiger partial charge in [-0.15, -0.1) is 0 Å². The van der Waals surface area contributed by atoms with E-state index in [4.69, 9.17) is 0 Å². The number of benzene rings is 1. The first-order valence-electron chi connectivity index (χ1n) is 8.62. The molecule has 1 aromatic carbocycles. The van der Waals surface area contributed by atoms with E-state index in [2.05, 4.69) is 21.4 Å². The van der Waals surface area contributed by atoms with Crippen molar-refractivity contribution in [3.63, 3.8) is 0 Å². The Morgan fingerprint density at radius 3 is 2.77 bits per heavy atom. The lowest BCUT2D eigenvalue weighted by Crippen LogP contribution is -2.33. The zero-order valence-electron chi connectivity index (χ0n) is 13.9. The molecule has 1 saturated carbocycles. The molecule has 26 heavy (non-hydrogen) atoms. The van der Waals surface area contributed by atoms with Crippen LogP contribution < -0.4 is 5.32 Å². The van der Waals surface area contributed by atoms with Gasteiger partial charge in [0.2, 0.25) is 5.91 Å². The summed E-state index contributed by atoms with van der Waals surface area (Å²) in [6, 6.07) is 13.8. The molecule has 1 aliphatic heterocycles. The Labute approximate surface area is 149 Å². The van der Waals surface area contributed by atoms with Crippen molar-refractivity contribution in [3.8, 4) is 11.3 Å². The minimum absolute atomic E-state index is 0.0376. The van der Waals surface area contributed by atoms with E-state index in [0.29, 0.717) is 0 Å². The Bertz CT molecular complexity index is 1020. The monoisotopic (exact) mass is 344 g/mol. The van der Waals surface area contributed by atoms with Crippen LogP contribution in [0.2, 0.25) is 0 Å². The van der Waals surface area contributed by atoms with Crippen molar-refractivity contribution in [2.75, 3.05) is 6.54 Å². The molecule has 0 bridgehead atoms. The fourth-order valence-corrected chi connectivity index (χ4v) is 3.63. The number of rotatable bonds is 3. The predicted octanol–water partition coefficient (Wildman–Crippen LogP) is 2.70. The lowest BCUT2D eigenvalue weighted by molar-refractivity contribution is -0.125. The Balaban J connectivity index is 1.37. The largest absolute Gasteiger partial charge is 0.329 e. The third-order valence-electron chi connectivity index (χ3n) is 5.08. The zero-order valence-corrected chi connectivity index (χ0v) is 13.9. The molecule has 1 saturated heterocycles. The van der Waals surface area contributed by atoms with Crippen LogP contribution in [-0.2, 0) is 4.79 Å². The number of nitrogens with one attached hydrogen (secondary N) is 1. The van der Waals surface area contributed by atoms with Gasteiger partial charge in [0.05, 0.1) is 17.8 Å². The molecule has 2 atom stereocenters. The first-order valence-corrected chi connectivity index (χ1v) is 8.62. The number of urea groups is 1. The van der Waals surface area contributed by atoms with Gasteiger partial charge < -0.3 is 5.32 Å². The fourth-order valence-electron chi connectivity index (χ4n) is 3.63. The lowest BCUT2D eigenvalue weighted by atomic mass is 10.1. The number of hydrogen-bond donors (Lipinski definition) is 1. The van der Waals surface area contributed by atoms with Crippen LogP contribution in [0, 0.1) is 0 Å². The maximum Gasteiger partial charge on any atom is 0.324 e. The number of hydrogen-bond acceptors (Lipinski definition) is 4. The van der Waals surface area contributed by atoms with Gasteiger partial charge in [-0.1, -0.05) is 18.2 Å². The van der Waals surface area contributed by atoms with Gasteiger partial charge in [0.15, 0.2) is 0 Å². The number of amides is 3. The quantitative estimate of drug-likeness (QED) is 0.741. The summed E-state index contributed by atoms with van der Waals surface area (Å²) in [6.45, 7) is 0.107. The Hall–Kier alpha value is -3.28. The van der Waals surface area contributed by atoms with Gasteiger partial charge in [0, 0.05) is 35.3 Å². The summed E-state index contributed by atoms with van der Waals surface area (Å²) >= 11 is 0. The average molecular weight is 344 g/mol. The van der Waals surface area contributed by atoms with E-state index in [0.717, 1.165) is 34.1 Å². The van der Waals surface area contributed by atoms with Crippen molar-refractivity contribution < 1.29 is 9.59 Å². The summed E-state index contributed by atoms with van der Waals surface area (Å²) in [6.07, 6.45) is 4.44. The molecule has 1 aliphatic carbocycles. The number of pyridine rings is 2. The number of nitrogens with zero attached hydrogens (tertiary/aromatic N) is 3. The number of fused-ring (bicyclic) bond motifs is 1. The van der Waals surface area contributed by atoms with Gasteiger partial charge in [-0.05, 0) is 36.2 Å². The standard InChI is InChI=1S/C20H16N4O2/c25-19-11-23-20(26)24(19)18-9-15(18)14-4-6-17(22-10-14)13-3-5-16-12(8-13)2-1-7-21-16/h1-8,10,15,18H,9,11H2,(H,23,26). The van der Waals surface area contributed by atoms with E-state index in [9.17, 15) is 9.59 Å². The van der Waals surface area contributed by atoms with Gasteiger partial charge in [-0.2, -0.15) is 0 Å². The molecule has 3 amide bonds. The van der Waals surface area contributed by atoms with Gasteiger partial charge >= 0.3 is 6.03 Å². The van der Waals surface area contributed by atoms with Crippen LogP contribution in [0.4, 0.5) is 4.79 Å². The molecular formula is C20H16N4O2. The van der Waals surface area contributed by atoms with Crippen molar-refractivity contribution in [1.82, 2.24) is 20.2 Å². The summed E-state index contributed by atoms with van der Waals surface area (Å²) in [4.78, 5) is 33.9. The van der Waals surface area contributed by atoms with Crippen molar-refractivity contribution in [1.29, 1.82) is 0 Å². The van der Waals surface area contributed by atoms with Crippen LogP contribution in [0.3, 0.4) is 0 Å². The van der Waals surface area contributed by atoms with Gasteiger partial charge in [-0.3, -0.25) is 19.7 Å². The highest BCUT2D eigenvalue weighted by molar-refractivity contribution is 6.02. The maximum absolute atomic E-state index is 11.8. The molecule has 6 heteroatoms. The molecule has 6 nitrogen and oxygen atoms in total. The SMILES string of the molecule is O=C1CNC(=O)N1C1CC1c1ccc(-c2ccc3ncccc3c2)nc1. The molecule has 0 radical (unpaired) electrons.